The fourth-order valence-corrected chi connectivity index (χ4v) is 2.68. The van der Waals surface area contributed by atoms with E-state index >= 15 is 0 Å². The summed E-state index contributed by atoms with van der Waals surface area (Å²) in [4.78, 5) is 17.9. The topological polar surface area (TPSA) is 61.7 Å². The van der Waals surface area contributed by atoms with Crippen LogP contribution in [0.3, 0.4) is 0 Å². The first-order valence-electron chi connectivity index (χ1n) is 7.35. The van der Waals surface area contributed by atoms with Crippen molar-refractivity contribution in [1.29, 1.82) is 0 Å². The number of aryl methyl sites for hydroxylation is 1. The minimum atomic E-state index is 0.0481. The van der Waals surface area contributed by atoms with E-state index < -0.39 is 0 Å². The third kappa shape index (κ3) is 6.09. The lowest BCUT2D eigenvalue weighted by Gasteiger charge is -2.22. The van der Waals surface area contributed by atoms with Crippen molar-refractivity contribution in [3.63, 3.8) is 0 Å². The van der Waals surface area contributed by atoms with Gasteiger partial charge in [0.05, 0.1) is 6.54 Å². The first kappa shape index (κ1) is 18.5. The van der Waals surface area contributed by atoms with Crippen molar-refractivity contribution in [1.82, 2.24) is 20.1 Å². The minimum absolute atomic E-state index is 0.0481. The van der Waals surface area contributed by atoms with Gasteiger partial charge in [-0.15, -0.1) is 0 Å². The van der Waals surface area contributed by atoms with E-state index in [1.807, 2.05) is 39.0 Å². The molecule has 6 nitrogen and oxygen atoms in total. The van der Waals surface area contributed by atoms with Crippen LogP contribution in [0.1, 0.15) is 26.0 Å². The second kappa shape index (κ2) is 8.82. The van der Waals surface area contributed by atoms with Gasteiger partial charge in [-0.1, -0.05) is 0 Å². The minimum Gasteiger partial charge on any atom is -0.356 e. The molecular weight excluding hydrogens is 346 g/mol. The van der Waals surface area contributed by atoms with Crippen molar-refractivity contribution in [3.8, 4) is 0 Å². The van der Waals surface area contributed by atoms with E-state index in [0.29, 0.717) is 13.0 Å². The number of carbonyl (C=O) groups excluding carboxylic acids is 1. The Bertz CT molecular complexity index is 524. The van der Waals surface area contributed by atoms with Crippen LogP contribution in [0.25, 0.3) is 0 Å². The molecule has 0 aliphatic rings. The predicted octanol–water partition coefficient (Wildman–Crippen LogP) is 1.71. The summed E-state index contributed by atoms with van der Waals surface area (Å²) in [7, 11) is 5.73. The van der Waals surface area contributed by atoms with E-state index in [9.17, 15) is 4.79 Å². The van der Waals surface area contributed by atoms with Crippen molar-refractivity contribution < 1.29 is 4.79 Å². The van der Waals surface area contributed by atoms with E-state index in [0.717, 1.165) is 17.0 Å². The monoisotopic (exact) mass is 371 g/mol. The van der Waals surface area contributed by atoms with Crippen molar-refractivity contribution in [2.45, 2.75) is 32.9 Å². The van der Waals surface area contributed by atoms with Gasteiger partial charge in [0.2, 0.25) is 5.91 Å². The molecule has 0 aliphatic carbocycles. The van der Waals surface area contributed by atoms with Crippen LogP contribution < -0.4 is 10.6 Å². The first-order valence-corrected chi connectivity index (χ1v) is 8.14. The molecule has 0 aliphatic heterocycles. The number of carbonyl (C=O) groups is 1. The van der Waals surface area contributed by atoms with E-state index in [2.05, 4.69) is 42.2 Å². The molecule has 1 aromatic rings. The molecule has 1 rings (SSSR count). The summed E-state index contributed by atoms with van der Waals surface area (Å²) in [5.74, 6) is 0.821. The Morgan fingerprint density at radius 3 is 2.68 bits per heavy atom. The molecule has 0 spiro atoms. The highest BCUT2D eigenvalue weighted by atomic mass is 79.9. The van der Waals surface area contributed by atoms with Crippen LogP contribution in [0.4, 0.5) is 0 Å². The fourth-order valence-electron chi connectivity index (χ4n) is 2.11. The highest BCUT2D eigenvalue weighted by Crippen LogP contribution is 2.14. The average molecular weight is 372 g/mol. The van der Waals surface area contributed by atoms with Gasteiger partial charge in [-0.2, -0.15) is 0 Å². The summed E-state index contributed by atoms with van der Waals surface area (Å²) in [5.41, 5.74) is 1.18. The third-order valence-electron chi connectivity index (χ3n) is 3.13. The van der Waals surface area contributed by atoms with Gasteiger partial charge < -0.3 is 20.1 Å². The van der Waals surface area contributed by atoms with Crippen LogP contribution in [0.15, 0.2) is 21.7 Å². The SMILES string of the molecule is CN=C(NCCC(=O)NC(C)C)N(C)Cc1cc(Br)cn1C. The Morgan fingerprint density at radius 2 is 2.18 bits per heavy atom. The van der Waals surface area contributed by atoms with Crippen LogP contribution >= 0.6 is 15.9 Å². The van der Waals surface area contributed by atoms with Crippen LogP contribution in [0.2, 0.25) is 0 Å². The van der Waals surface area contributed by atoms with E-state index in [1.54, 1.807) is 7.05 Å². The zero-order valence-electron chi connectivity index (χ0n) is 14.0. The average Bonchev–Trinajstić information content (AvgIpc) is 2.72. The summed E-state index contributed by atoms with van der Waals surface area (Å²) in [6, 6.07) is 2.25. The van der Waals surface area contributed by atoms with E-state index in [1.165, 1.54) is 5.69 Å². The summed E-state index contributed by atoms with van der Waals surface area (Å²) >= 11 is 3.47. The van der Waals surface area contributed by atoms with Gasteiger partial charge in [0.1, 0.15) is 0 Å². The molecule has 7 heteroatoms. The summed E-state index contributed by atoms with van der Waals surface area (Å²) in [6.07, 6.45) is 2.45. The van der Waals surface area contributed by atoms with Gasteiger partial charge in [-0.25, -0.2) is 0 Å². The van der Waals surface area contributed by atoms with Gasteiger partial charge in [0.15, 0.2) is 5.96 Å². The molecule has 0 unspecified atom stereocenters. The third-order valence-corrected chi connectivity index (χ3v) is 3.57. The summed E-state index contributed by atoms with van der Waals surface area (Å²) < 4.78 is 3.14. The van der Waals surface area contributed by atoms with Crippen LogP contribution in [-0.2, 0) is 18.4 Å². The maximum absolute atomic E-state index is 11.6. The number of aliphatic imine (C=N–C) groups is 1. The second-order valence-electron chi connectivity index (χ2n) is 5.56. The number of nitrogens with zero attached hydrogens (tertiary/aromatic N) is 3. The molecule has 0 bridgehead atoms. The number of nitrogens with one attached hydrogen (secondary N) is 2. The highest BCUT2D eigenvalue weighted by Gasteiger charge is 2.10. The quantitative estimate of drug-likeness (QED) is 0.590. The fraction of sp³-hybridized carbons (Fsp3) is 0.600. The smallest absolute Gasteiger partial charge is 0.221 e. The molecule has 0 fully saturated rings. The molecule has 0 aromatic carbocycles. The number of halogens is 1. The largest absolute Gasteiger partial charge is 0.356 e. The highest BCUT2D eigenvalue weighted by molar-refractivity contribution is 9.10. The van der Waals surface area contributed by atoms with Gasteiger partial charge >= 0.3 is 0 Å². The maximum Gasteiger partial charge on any atom is 0.221 e. The Balaban J connectivity index is 2.47. The van der Waals surface area contributed by atoms with Crippen molar-refractivity contribution in [2.24, 2.45) is 12.0 Å². The van der Waals surface area contributed by atoms with Crippen LogP contribution in [0, 0.1) is 0 Å². The standard InChI is InChI=1S/C15H26BrN5O/c1-11(2)19-14(22)6-7-18-15(17-3)21(5)10-13-8-12(16)9-20(13)4/h8-9,11H,6-7,10H2,1-5H3,(H,17,18)(H,19,22). The van der Waals surface area contributed by atoms with Gasteiger partial charge in [-0.3, -0.25) is 9.79 Å². The summed E-state index contributed by atoms with van der Waals surface area (Å²) in [5, 5.41) is 6.09. The lowest BCUT2D eigenvalue weighted by atomic mass is 10.3. The van der Waals surface area contributed by atoms with Gasteiger partial charge in [-0.05, 0) is 35.8 Å². The zero-order valence-corrected chi connectivity index (χ0v) is 15.6. The molecule has 1 heterocycles. The van der Waals surface area contributed by atoms with Gasteiger partial charge in [0.25, 0.3) is 0 Å². The maximum atomic E-state index is 11.6. The molecular formula is C15H26BrN5O. The van der Waals surface area contributed by atoms with Crippen molar-refractivity contribution >= 4 is 27.8 Å². The molecule has 0 atom stereocenters. The van der Waals surface area contributed by atoms with Gasteiger partial charge in [0, 0.05) is 56.5 Å². The Hall–Kier alpha value is -1.50. The number of aromatic nitrogens is 1. The lowest BCUT2D eigenvalue weighted by Crippen LogP contribution is -2.41. The number of guanidine groups is 1. The number of amides is 1. The van der Waals surface area contributed by atoms with Crippen LogP contribution in [-0.4, -0.2) is 48.0 Å². The Morgan fingerprint density at radius 1 is 1.50 bits per heavy atom. The normalized spacial score (nSPS) is 11.7. The van der Waals surface area contributed by atoms with Crippen molar-refractivity contribution in [2.75, 3.05) is 20.6 Å². The molecule has 22 heavy (non-hydrogen) atoms. The summed E-state index contributed by atoms with van der Waals surface area (Å²) in [6.45, 7) is 5.21. The Labute approximate surface area is 141 Å². The zero-order chi connectivity index (χ0) is 16.7. The predicted molar refractivity (Wildman–Crippen MR) is 93.8 cm³/mol. The first-order chi connectivity index (χ1) is 10.3. The van der Waals surface area contributed by atoms with Crippen LogP contribution in [0.5, 0.6) is 0 Å². The van der Waals surface area contributed by atoms with E-state index in [4.69, 9.17) is 0 Å². The number of hydrogen-bond acceptors (Lipinski definition) is 2. The van der Waals surface area contributed by atoms with E-state index in [-0.39, 0.29) is 11.9 Å². The molecule has 124 valence electrons. The number of rotatable bonds is 6. The lowest BCUT2D eigenvalue weighted by molar-refractivity contribution is -0.121. The Kier molecular flexibility index (Phi) is 7.44. The second-order valence-corrected chi connectivity index (χ2v) is 6.48. The molecule has 1 amide bonds. The molecule has 2 N–H and O–H groups in total. The number of hydrogen-bond donors (Lipinski definition) is 2. The molecule has 0 saturated heterocycles. The molecule has 0 saturated carbocycles. The molecule has 0 radical (unpaired) electrons. The van der Waals surface area contributed by atoms with Crippen molar-refractivity contribution in [3.05, 3.63) is 22.4 Å². The molecule has 1 aromatic heterocycles.